The molecule has 0 unspecified atom stereocenters. The maximum Gasteiger partial charge on any atom is 0.401 e. The number of hydrogen-bond donors (Lipinski definition) is 1. The Bertz CT molecular complexity index is 426. The van der Waals surface area contributed by atoms with Crippen molar-refractivity contribution in [2.24, 2.45) is 0 Å². The van der Waals surface area contributed by atoms with Gasteiger partial charge in [0.25, 0.3) is 0 Å². The summed E-state index contributed by atoms with van der Waals surface area (Å²) in [6.07, 6.45) is -3.47. The Morgan fingerprint density at radius 3 is 2.71 bits per heavy atom. The summed E-state index contributed by atoms with van der Waals surface area (Å²) in [6.45, 7) is 1.90. The van der Waals surface area contributed by atoms with Crippen LogP contribution in [-0.2, 0) is 13.0 Å². The third-order valence-electron chi connectivity index (χ3n) is 3.06. The standard InChI is InChI=1S/C12H15F3N2/c1-8-4-10(16)5-9-6-17(3-2-11(8)9)7-12(13,14)15/h4-5H,2-3,6-7,16H2,1H3. The highest BCUT2D eigenvalue weighted by Gasteiger charge is 2.32. The predicted molar refractivity (Wildman–Crippen MR) is 60.6 cm³/mol. The van der Waals surface area contributed by atoms with Gasteiger partial charge in [0, 0.05) is 18.8 Å². The lowest BCUT2D eigenvalue weighted by atomic mass is 9.94. The fourth-order valence-electron chi connectivity index (χ4n) is 2.40. The van der Waals surface area contributed by atoms with Crippen LogP contribution in [0.2, 0.25) is 0 Å². The first-order valence-corrected chi connectivity index (χ1v) is 5.52. The zero-order valence-electron chi connectivity index (χ0n) is 9.64. The highest BCUT2D eigenvalue weighted by atomic mass is 19.4. The van der Waals surface area contributed by atoms with Gasteiger partial charge < -0.3 is 5.73 Å². The van der Waals surface area contributed by atoms with E-state index in [2.05, 4.69) is 0 Å². The summed E-state index contributed by atoms with van der Waals surface area (Å²) in [5, 5.41) is 0. The molecule has 0 bridgehead atoms. The Kier molecular flexibility index (Phi) is 3.03. The quantitative estimate of drug-likeness (QED) is 0.769. The molecule has 0 spiro atoms. The maximum atomic E-state index is 12.3. The van der Waals surface area contributed by atoms with E-state index in [0.717, 1.165) is 16.7 Å². The fourth-order valence-corrected chi connectivity index (χ4v) is 2.40. The average molecular weight is 244 g/mol. The molecule has 94 valence electrons. The van der Waals surface area contributed by atoms with Crippen molar-refractivity contribution in [1.82, 2.24) is 4.90 Å². The molecule has 0 atom stereocenters. The number of nitrogens with two attached hydrogens (primary N) is 1. The number of hydrogen-bond acceptors (Lipinski definition) is 2. The normalized spacial score (nSPS) is 16.9. The molecule has 1 aromatic carbocycles. The van der Waals surface area contributed by atoms with Crippen LogP contribution in [0, 0.1) is 6.92 Å². The molecule has 17 heavy (non-hydrogen) atoms. The number of fused-ring (bicyclic) bond motifs is 1. The summed E-state index contributed by atoms with van der Waals surface area (Å²) in [5.41, 5.74) is 9.49. The minimum Gasteiger partial charge on any atom is -0.399 e. The molecule has 1 aromatic rings. The van der Waals surface area contributed by atoms with Gasteiger partial charge in [-0.25, -0.2) is 0 Å². The van der Waals surface area contributed by atoms with Crippen LogP contribution in [0.1, 0.15) is 16.7 Å². The van der Waals surface area contributed by atoms with Crippen molar-refractivity contribution < 1.29 is 13.2 Å². The van der Waals surface area contributed by atoms with Crippen molar-refractivity contribution in [1.29, 1.82) is 0 Å². The summed E-state index contributed by atoms with van der Waals surface area (Å²) < 4.78 is 36.9. The van der Waals surface area contributed by atoms with E-state index in [1.807, 2.05) is 13.0 Å². The van der Waals surface area contributed by atoms with Crippen molar-refractivity contribution in [3.63, 3.8) is 0 Å². The van der Waals surface area contributed by atoms with Crippen LogP contribution >= 0.6 is 0 Å². The van der Waals surface area contributed by atoms with Crippen LogP contribution < -0.4 is 5.73 Å². The first-order chi connectivity index (χ1) is 7.85. The molecule has 2 nitrogen and oxygen atoms in total. The highest BCUT2D eigenvalue weighted by molar-refractivity contribution is 5.50. The zero-order valence-corrected chi connectivity index (χ0v) is 9.64. The van der Waals surface area contributed by atoms with Crippen LogP contribution in [0.25, 0.3) is 0 Å². The van der Waals surface area contributed by atoms with E-state index in [1.54, 1.807) is 6.07 Å². The minimum atomic E-state index is -4.13. The van der Waals surface area contributed by atoms with Crippen LogP contribution in [0.3, 0.4) is 0 Å². The molecule has 0 aromatic heterocycles. The van der Waals surface area contributed by atoms with Crippen molar-refractivity contribution >= 4 is 5.69 Å². The summed E-state index contributed by atoms with van der Waals surface area (Å²) in [5.74, 6) is 0. The molecule has 1 aliphatic heterocycles. The molecule has 0 saturated carbocycles. The molecule has 0 aliphatic carbocycles. The van der Waals surface area contributed by atoms with Crippen molar-refractivity contribution in [2.75, 3.05) is 18.8 Å². The van der Waals surface area contributed by atoms with Gasteiger partial charge in [0.15, 0.2) is 0 Å². The van der Waals surface area contributed by atoms with Gasteiger partial charge in [0.05, 0.1) is 6.54 Å². The van der Waals surface area contributed by atoms with Gasteiger partial charge in [0.2, 0.25) is 0 Å². The molecular formula is C12H15F3N2. The summed E-state index contributed by atoms with van der Waals surface area (Å²) in [7, 11) is 0. The van der Waals surface area contributed by atoms with E-state index < -0.39 is 12.7 Å². The largest absolute Gasteiger partial charge is 0.401 e. The van der Waals surface area contributed by atoms with Crippen molar-refractivity contribution in [2.45, 2.75) is 26.1 Å². The third-order valence-corrected chi connectivity index (χ3v) is 3.06. The maximum absolute atomic E-state index is 12.3. The average Bonchev–Trinajstić information content (AvgIpc) is 2.13. The molecule has 0 amide bonds. The van der Waals surface area contributed by atoms with Gasteiger partial charge in [-0.15, -0.1) is 0 Å². The van der Waals surface area contributed by atoms with E-state index in [9.17, 15) is 13.2 Å². The van der Waals surface area contributed by atoms with Gasteiger partial charge in [0.1, 0.15) is 0 Å². The second kappa shape index (κ2) is 4.22. The van der Waals surface area contributed by atoms with E-state index in [4.69, 9.17) is 5.73 Å². The summed E-state index contributed by atoms with van der Waals surface area (Å²) in [6, 6.07) is 3.66. The van der Waals surface area contributed by atoms with Crippen LogP contribution in [0.4, 0.5) is 18.9 Å². The molecule has 5 heteroatoms. The molecule has 0 radical (unpaired) electrons. The number of aryl methyl sites for hydroxylation is 1. The predicted octanol–water partition coefficient (Wildman–Crippen LogP) is 2.50. The number of halogens is 3. The minimum absolute atomic E-state index is 0.334. The zero-order chi connectivity index (χ0) is 12.6. The molecule has 0 fully saturated rings. The lowest BCUT2D eigenvalue weighted by Crippen LogP contribution is -2.38. The van der Waals surface area contributed by atoms with Gasteiger partial charge in [-0.05, 0) is 42.2 Å². The SMILES string of the molecule is Cc1cc(N)cc2c1CCN(CC(F)(F)F)C2. The summed E-state index contributed by atoms with van der Waals surface area (Å²) >= 11 is 0. The van der Waals surface area contributed by atoms with Crippen LogP contribution in [0.5, 0.6) is 0 Å². The van der Waals surface area contributed by atoms with Gasteiger partial charge >= 0.3 is 6.18 Å². The van der Waals surface area contributed by atoms with E-state index in [-0.39, 0.29) is 0 Å². The number of anilines is 1. The third kappa shape index (κ3) is 2.91. The number of nitrogens with zero attached hydrogens (tertiary/aromatic N) is 1. The van der Waals surface area contributed by atoms with E-state index in [0.29, 0.717) is 25.2 Å². The Morgan fingerprint density at radius 1 is 1.35 bits per heavy atom. The molecule has 2 rings (SSSR count). The first-order valence-electron chi connectivity index (χ1n) is 5.52. The van der Waals surface area contributed by atoms with Crippen LogP contribution in [-0.4, -0.2) is 24.2 Å². The van der Waals surface area contributed by atoms with Gasteiger partial charge in [-0.2, -0.15) is 13.2 Å². The Morgan fingerprint density at radius 2 is 2.06 bits per heavy atom. The Balaban J connectivity index is 2.19. The van der Waals surface area contributed by atoms with Crippen molar-refractivity contribution in [3.05, 3.63) is 28.8 Å². The van der Waals surface area contributed by atoms with E-state index >= 15 is 0 Å². The molecule has 1 aliphatic rings. The second-order valence-electron chi connectivity index (χ2n) is 4.55. The number of rotatable bonds is 1. The van der Waals surface area contributed by atoms with Gasteiger partial charge in [-0.3, -0.25) is 4.90 Å². The molecule has 1 heterocycles. The van der Waals surface area contributed by atoms with Gasteiger partial charge in [-0.1, -0.05) is 0 Å². The first kappa shape index (κ1) is 12.2. The molecule has 0 saturated heterocycles. The van der Waals surface area contributed by atoms with E-state index in [1.165, 1.54) is 4.90 Å². The summed E-state index contributed by atoms with van der Waals surface area (Å²) in [4.78, 5) is 1.42. The van der Waals surface area contributed by atoms with Crippen LogP contribution in [0.15, 0.2) is 12.1 Å². The second-order valence-corrected chi connectivity index (χ2v) is 4.55. The smallest absolute Gasteiger partial charge is 0.399 e. The van der Waals surface area contributed by atoms with Crippen molar-refractivity contribution in [3.8, 4) is 0 Å². The molecular weight excluding hydrogens is 229 g/mol. The topological polar surface area (TPSA) is 29.3 Å². The monoisotopic (exact) mass is 244 g/mol. The number of nitrogen functional groups attached to an aromatic ring is 1. The lowest BCUT2D eigenvalue weighted by Gasteiger charge is -2.30. The fraction of sp³-hybridized carbons (Fsp3) is 0.500. The highest BCUT2D eigenvalue weighted by Crippen LogP contribution is 2.27. The Hall–Kier alpha value is -1.23. The lowest BCUT2D eigenvalue weighted by molar-refractivity contribution is -0.147. The Labute approximate surface area is 98.2 Å². The number of alkyl halides is 3. The number of benzene rings is 1. The molecule has 2 N–H and O–H groups in total.